The minimum absolute atomic E-state index is 0.130. The molecule has 1 rings (SSSR count). The van der Waals surface area contributed by atoms with E-state index in [0.717, 1.165) is 51.0 Å². The molecule has 27 heavy (non-hydrogen) atoms. The van der Waals surface area contributed by atoms with Gasteiger partial charge in [-0.3, -0.25) is 0 Å². The molecule has 152 valence electrons. The zero-order valence-corrected chi connectivity index (χ0v) is 18.1. The Morgan fingerprint density at radius 3 is 2.37 bits per heavy atom. The number of carbonyl (C=O) groups excluding carboxylic acids is 1. The van der Waals surface area contributed by atoms with Crippen LogP contribution < -0.4 is 0 Å². The smallest absolute Gasteiger partial charge is 0.433 e. The van der Waals surface area contributed by atoms with Gasteiger partial charge in [-0.2, -0.15) is 4.99 Å². The molecule has 4 heteroatoms. The van der Waals surface area contributed by atoms with Gasteiger partial charge in [0, 0.05) is 17.7 Å². The van der Waals surface area contributed by atoms with Crippen LogP contribution in [0, 0.1) is 0 Å². The standard InChI is InChI=1S/C23H38N2O2/c1-7-16-23(6,21-13-11-10-12-14-21)20(5)24-22(26)27-19(4)15-18-25(9-3)17-8-2/h10-14,19H,7-9,15-18H2,1-6H3. The number of hydrogen-bond donors (Lipinski definition) is 0. The van der Waals surface area contributed by atoms with Gasteiger partial charge < -0.3 is 9.64 Å². The molecule has 0 aliphatic heterocycles. The van der Waals surface area contributed by atoms with Crippen molar-refractivity contribution < 1.29 is 9.53 Å². The minimum Gasteiger partial charge on any atom is -0.445 e. The van der Waals surface area contributed by atoms with Gasteiger partial charge in [0.1, 0.15) is 6.10 Å². The molecular weight excluding hydrogens is 336 g/mol. The maximum absolute atomic E-state index is 12.4. The highest BCUT2D eigenvalue weighted by Crippen LogP contribution is 2.31. The second kappa shape index (κ2) is 11.9. The lowest BCUT2D eigenvalue weighted by atomic mass is 9.75. The average Bonchev–Trinajstić information content (AvgIpc) is 2.65. The maximum Gasteiger partial charge on any atom is 0.433 e. The van der Waals surface area contributed by atoms with E-state index in [1.54, 1.807) is 0 Å². The highest BCUT2D eigenvalue weighted by atomic mass is 16.6. The predicted octanol–water partition coefficient (Wildman–Crippen LogP) is 5.85. The van der Waals surface area contributed by atoms with Crippen molar-refractivity contribution in [1.29, 1.82) is 0 Å². The first-order valence-electron chi connectivity index (χ1n) is 10.4. The molecule has 0 saturated carbocycles. The van der Waals surface area contributed by atoms with Gasteiger partial charge >= 0.3 is 6.09 Å². The highest BCUT2D eigenvalue weighted by molar-refractivity contribution is 5.98. The van der Waals surface area contributed by atoms with Crippen LogP contribution in [0.1, 0.15) is 72.8 Å². The van der Waals surface area contributed by atoms with Crippen LogP contribution in [0.25, 0.3) is 0 Å². The van der Waals surface area contributed by atoms with Gasteiger partial charge in [-0.25, -0.2) is 4.79 Å². The Morgan fingerprint density at radius 2 is 1.81 bits per heavy atom. The fraction of sp³-hybridized carbons (Fsp3) is 0.652. The third-order valence-electron chi connectivity index (χ3n) is 5.36. The number of aliphatic imine (C=N–C) groups is 1. The zero-order chi connectivity index (χ0) is 20.3. The zero-order valence-electron chi connectivity index (χ0n) is 18.1. The lowest BCUT2D eigenvalue weighted by molar-refractivity contribution is 0.103. The van der Waals surface area contributed by atoms with E-state index in [1.165, 1.54) is 5.56 Å². The first-order chi connectivity index (χ1) is 12.9. The molecule has 1 amide bonds. The number of amides is 1. The van der Waals surface area contributed by atoms with Crippen molar-refractivity contribution in [2.45, 2.75) is 78.7 Å². The molecule has 0 bridgehead atoms. The van der Waals surface area contributed by atoms with E-state index in [2.05, 4.69) is 49.7 Å². The van der Waals surface area contributed by atoms with E-state index >= 15 is 0 Å². The molecule has 0 aliphatic carbocycles. The molecule has 0 spiro atoms. The maximum atomic E-state index is 12.4. The van der Waals surface area contributed by atoms with Crippen LogP contribution in [-0.4, -0.2) is 42.4 Å². The molecular formula is C23H38N2O2. The monoisotopic (exact) mass is 374 g/mol. The van der Waals surface area contributed by atoms with Crippen LogP contribution in [-0.2, 0) is 10.2 Å². The van der Waals surface area contributed by atoms with Crippen LogP contribution >= 0.6 is 0 Å². The van der Waals surface area contributed by atoms with E-state index in [1.807, 2.05) is 32.0 Å². The fourth-order valence-corrected chi connectivity index (χ4v) is 3.47. The summed E-state index contributed by atoms with van der Waals surface area (Å²) in [6.07, 6.45) is 3.33. The van der Waals surface area contributed by atoms with E-state index in [4.69, 9.17) is 4.74 Å². The Bertz CT molecular complexity index is 585. The van der Waals surface area contributed by atoms with Crippen molar-refractivity contribution in [3.05, 3.63) is 35.9 Å². The SMILES string of the molecule is CCCN(CC)CCC(C)OC(=O)N=C(C)C(C)(CCC)c1ccccc1. The number of nitrogens with zero attached hydrogens (tertiary/aromatic N) is 2. The van der Waals surface area contributed by atoms with Crippen molar-refractivity contribution in [3.63, 3.8) is 0 Å². The average molecular weight is 375 g/mol. The summed E-state index contributed by atoms with van der Waals surface area (Å²) in [5, 5.41) is 0. The molecule has 4 nitrogen and oxygen atoms in total. The summed E-state index contributed by atoms with van der Waals surface area (Å²) < 4.78 is 5.55. The summed E-state index contributed by atoms with van der Waals surface area (Å²) in [6, 6.07) is 10.3. The van der Waals surface area contributed by atoms with Gasteiger partial charge in [0.05, 0.1) is 0 Å². The number of rotatable bonds is 11. The minimum atomic E-state index is -0.475. The second-order valence-electron chi connectivity index (χ2n) is 7.56. The quantitative estimate of drug-likeness (QED) is 0.456. The molecule has 2 unspecified atom stereocenters. The summed E-state index contributed by atoms with van der Waals surface area (Å²) in [7, 11) is 0. The Hall–Kier alpha value is -1.68. The molecule has 2 atom stereocenters. The third kappa shape index (κ3) is 7.45. The molecule has 0 aliphatic rings. The van der Waals surface area contributed by atoms with Gasteiger partial charge in [-0.15, -0.1) is 0 Å². The third-order valence-corrected chi connectivity index (χ3v) is 5.36. The van der Waals surface area contributed by atoms with E-state index < -0.39 is 6.09 Å². The van der Waals surface area contributed by atoms with Gasteiger partial charge in [-0.05, 0) is 51.8 Å². The van der Waals surface area contributed by atoms with Gasteiger partial charge in [0.25, 0.3) is 0 Å². The second-order valence-corrected chi connectivity index (χ2v) is 7.56. The Kier molecular flexibility index (Phi) is 10.3. The summed E-state index contributed by atoms with van der Waals surface area (Å²) >= 11 is 0. The lowest BCUT2D eigenvalue weighted by Crippen LogP contribution is -2.32. The Labute approximate surface area is 166 Å². The van der Waals surface area contributed by atoms with E-state index in [-0.39, 0.29) is 11.5 Å². The van der Waals surface area contributed by atoms with Crippen molar-refractivity contribution in [3.8, 4) is 0 Å². The van der Waals surface area contributed by atoms with Crippen LogP contribution in [0.3, 0.4) is 0 Å². The Morgan fingerprint density at radius 1 is 1.15 bits per heavy atom. The summed E-state index contributed by atoms with van der Waals surface area (Å²) in [5.41, 5.74) is 1.75. The van der Waals surface area contributed by atoms with Crippen molar-refractivity contribution in [2.24, 2.45) is 4.99 Å². The topological polar surface area (TPSA) is 41.9 Å². The van der Waals surface area contributed by atoms with Crippen LogP contribution in [0.4, 0.5) is 4.79 Å². The summed E-state index contributed by atoms with van der Waals surface area (Å²) in [4.78, 5) is 19.1. The van der Waals surface area contributed by atoms with Crippen LogP contribution in [0.2, 0.25) is 0 Å². The normalized spacial score (nSPS) is 15.4. The first-order valence-corrected chi connectivity index (χ1v) is 10.4. The Balaban J connectivity index is 2.74. The first kappa shape index (κ1) is 23.4. The fourth-order valence-electron chi connectivity index (χ4n) is 3.47. The number of ether oxygens (including phenoxy) is 1. The summed E-state index contributed by atoms with van der Waals surface area (Å²) in [6.45, 7) is 15.6. The largest absolute Gasteiger partial charge is 0.445 e. The van der Waals surface area contributed by atoms with Gasteiger partial charge in [0.2, 0.25) is 0 Å². The van der Waals surface area contributed by atoms with E-state index in [0.29, 0.717) is 0 Å². The predicted molar refractivity (Wildman–Crippen MR) is 115 cm³/mol. The van der Waals surface area contributed by atoms with Crippen molar-refractivity contribution in [1.82, 2.24) is 4.90 Å². The molecule has 0 saturated heterocycles. The number of hydrogen-bond acceptors (Lipinski definition) is 3. The molecule has 0 N–H and O–H groups in total. The molecule has 1 aromatic carbocycles. The molecule has 0 aromatic heterocycles. The highest BCUT2D eigenvalue weighted by Gasteiger charge is 2.30. The molecule has 0 heterocycles. The van der Waals surface area contributed by atoms with Crippen LogP contribution in [0.15, 0.2) is 35.3 Å². The van der Waals surface area contributed by atoms with Crippen molar-refractivity contribution in [2.75, 3.05) is 19.6 Å². The van der Waals surface area contributed by atoms with Gasteiger partial charge in [-0.1, -0.05) is 64.4 Å². The summed E-state index contributed by atoms with van der Waals surface area (Å²) in [5.74, 6) is 0. The number of benzene rings is 1. The van der Waals surface area contributed by atoms with Gasteiger partial charge in [0.15, 0.2) is 0 Å². The molecule has 0 radical (unpaired) electrons. The molecule has 1 aromatic rings. The number of carbonyl (C=O) groups is 1. The lowest BCUT2D eigenvalue weighted by Gasteiger charge is -2.30. The van der Waals surface area contributed by atoms with E-state index in [9.17, 15) is 4.79 Å². The van der Waals surface area contributed by atoms with Crippen LogP contribution in [0.5, 0.6) is 0 Å². The van der Waals surface area contributed by atoms with Crippen molar-refractivity contribution >= 4 is 11.8 Å². The molecule has 0 fully saturated rings.